The molecule has 0 radical (unpaired) electrons. The van der Waals surface area contributed by atoms with E-state index in [1.54, 1.807) is 0 Å². The van der Waals surface area contributed by atoms with Crippen molar-refractivity contribution in [2.75, 3.05) is 0 Å². The summed E-state index contributed by atoms with van der Waals surface area (Å²) in [5.41, 5.74) is 0. The third-order valence-electron chi connectivity index (χ3n) is 7.33. The maximum absolute atomic E-state index is 9.83. The Balaban J connectivity index is 1.17. The molecule has 2 N–H and O–H groups in total. The molecule has 9 heteroatoms. The molecule has 0 saturated carbocycles. The van der Waals surface area contributed by atoms with Gasteiger partial charge in [-0.05, 0) is 53.4 Å². The molecule has 0 spiro atoms. The van der Waals surface area contributed by atoms with E-state index in [1.165, 1.54) is 0 Å². The topological polar surface area (TPSA) is 105 Å². The number of aliphatic hydroxyl groups excluding tert-OH is 2. The minimum atomic E-state index is -0.696. The van der Waals surface area contributed by atoms with Crippen LogP contribution in [0.3, 0.4) is 0 Å². The standard InChI is InChI=1S/C24H42O9/c1-13-17(25)5-10-22(28-13)32-19-7-12-24(30-15(19)3)33-20-8-11-23(29-16(20)4)31-18-6-9-21(26)27-14(18)2/h13-26H,5-12H2,1-4H3/t13-,14+,15+,16+,17-,18-,19-,20-,21+,22-,23-,24-/m1/s1. The lowest BCUT2D eigenvalue weighted by atomic mass is 10.0. The van der Waals surface area contributed by atoms with Gasteiger partial charge in [0.05, 0.1) is 48.8 Å². The van der Waals surface area contributed by atoms with E-state index in [-0.39, 0.29) is 61.6 Å². The SMILES string of the molecule is C[C@@H]1O[C@H](O[C@@H]2CC[C@@H](O)O[C@H]2C)CC[C@H]1O[C@@H]1CC[C@@H](O[C@@H]2CC[C@@H](O)[C@@H](C)O2)[C@H](C)O1. The molecule has 33 heavy (non-hydrogen) atoms. The number of ether oxygens (including phenoxy) is 7. The molecule has 4 heterocycles. The van der Waals surface area contributed by atoms with Gasteiger partial charge in [0.1, 0.15) is 0 Å². The number of aliphatic hydroxyl groups is 2. The molecule has 4 aliphatic heterocycles. The molecule has 0 unspecified atom stereocenters. The Morgan fingerprint density at radius 3 is 1.30 bits per heavy atom. The molecule has 12 atom stereocenters. The molecule has 0 aliphatic carbocycles. The van der Waals surface area contributed by atoms with Crippen molar-refractivity contribution in [1.29, 1.82) is 0 Å². The van der Waals surface area contributed by atoms with Crippen molar-refractivity contribution in [1.82, 2.24) is 0 Å². The van der Waals surface area contributed by atoms with Gasteiger partial charge < -0.3 is 43.4 Å². The van der Waals surface area contributed by atoms with E-state index >= 15 is 0 Å². The number of rotatable bonds is 6. The second-order valence-corrected chi connectivity index (χ2v) is 10.0. The zero-order valence-electron chi connectivity index (χ0n) is 20.3. The Hall–Kier alpha value is -0.360. The first-order chi connectivity index (χ1) is 15.8. The van der Waals surface area contributed by atoms with Crippen molar-refractivity contribution < 1.29 is 43.4 Å². The molecule has 0 amide bonds. The molecule has 0 aromatic carbocycles. The largest absolute Gasteiger partial charge is 0.390 e. The highest BCUT2D eigenvalue weighted by atomic mass is 16.7. The normalized spacial score (nSPS) is 49.6. The van der Waals surface area contributed by atoms with Crippen molar-refractivity contribution in [2.24, 2.45) is 0 Å². The van der Waals surface area contributed by atoms with E-state index in [0.717, 1.165) is 32.1 Å². The van der Waals surface area contributed by atoms with E-state index in [4.69, 9.17) is 33.2 Å². The van der Waals surface area contributed by atoms with Crippen molar-refractivity contribution >= 4 is 0 Å². The van der Waals surface area contributed by atoms with Gasteiger partial charge in [0, 0.05) is 25.7 Å². The van der Waals surface area contributed by atoms with Crippen LogP contribution in [0.4, 0.5) is 0 Å². The van der Waals surface area contributed by atoms with E-state index in [2.05, 4.69) is 0 Å². The third-order valence-corrected chi connectivity index (χ3v) is 7.33. The maximum atomic E-state index is 9.83. The summed E-state index contributed by atoms with van der Waals surface area (Å²) in [7, 11) is 0. The minimum Gasteiger partial charge on any atom is -0.390 e. The summed E-state index contributed by atoms with van der Waals surface area (Å²) in [5, 5.41) is 19.4. The molecule has 0 bridgehead atoms. The molecule has 0 aromatic rings. The van der Waals surface area contributed by atoms with Gasteiger partial charge in [-0.1, -0.05) is 0 Å². The Kier molecular flexibility index (Phi) is 9.03. The molecule has 4 rings (SSSR count). The van der Waals surface area contributed by atoms with Crippen LogP contribution >= 0.6 is 0 Å². The van der Waals surface area contributed by atoms with E-state index in [9.17, 15) is 10.2 Å². The summed E-state index contributed by atoms with van der Waals surface area (Å²) in [5.74, 6) is 0. The van der Waals surface area contributed by atoms with Crippen LogP contribution in [0.1, 0.15) is 79.1 Å². The first-order valence-electron chi connectivity index (χ1n) is 12.7. The van der Waals surface area contributed by atoms with Gasteiger partial charge in [0.25, 0.3) is 0 Å². The fraction of sp³-hybridized carbons (Fsp3) is 1.00. The molecule has 0 aromatic heterocycles. The lowest BCUT2D eigenvalue weighted by Crippen LogP contribution is -2.48. The van der Waals surface area contributed by atoms with Crippen molar-refractivity contribution in [3.05, 3.63) is 0 Å². The fourth-order valence-corrected chi connectivity index (χ4v) is 5.17. The predicted molar refractivity (Wildman–Crippen MR) is 117 cm³/mol. The van der Waals surface area contributed by atoms with Crippen LogP contribution in [0.25, 0.3) is 0 Å². The van der Waals surface area contributed by atoms with Gasteiger partial charge in [0.2, 0.25) is 0 Å². The van der Waals surface area contributed by atoms with E-state index in [1.807, 2.05) is 27.7 Å². The molecule has 4 aliphatic rings. The van der Waals surface area contributed by atoms with Crippen LogP contribution in [0.5, 0.6) is 0 Å². The zero-order chi connectivity index (χ0) is 23.5. The van der Waals surface area contributed by atoms with Gasteiger partial charge in [-0.25, -0.2) is 0 Å². The highest BCUT2D eigenvalue weighted by molar-refractivity contribution is 4.81. The van der Waals surface area contributed by atoms with Crippen LogP contribution < -0.4 is 0 Å². The number of hydrogen-bond acceptors (Lipinski definition) is 9. The van der Waals surface area contributed by atoms with Gasteiger partial charge in [-0.15, -0.1) is 0 Å². The highest BCUT2D eigenvalue weighted by Crippen LogP contribution is 2.32. The highest BCUT2D eigenvalue weighted by Gasteiger charge is 2.38. The Morgan fingerprint density at radius 2 is 0.879 bits per heavy atom. The first-order valence-corrected chi connectivity index (χ1v) is 12.7. The van der Waals surface area contributed by atoms with Gasteiger partial charge in [-0.3, -0.25) is 0 Å². The van der Waals surface area contributed by atoms with Crippen molar-refractivity contribution in [3.63, 3.8) is 0 Å². The summed E-state index contributed by atoms with van der Waals surface area (Å²) >= 11 is 0. The number of hydrogen-bond donors (Lipinski definition) is 2. The van der Waals surface area contributed by atoms with Crippen molar-refractivity contribution in [3.8, 4) is 0 Å². The zero-order valence-corrected chi connectivity index (χ0v) is 20.3. The Labute approximate surface area is 196 Å². The second kappa shape index (κ2) is 11.6. The average Bonchev–Trinajstić information content (AvgIpc) is 2.76. The quantitative estimate of drug-likeness (QED) is 0.601. The molecule has 4 saturated heterocycles. The first kappa shape index (κ1) is 25.7. The summed E-state index contributed by atoms with van der Waals surface area (Å²) < 4.78 is 42.0. The lowest BCUT2D eigenvalue weighted by molar-refractivity contribution is -0.311. The van der Waals surface area contributed by atoms with Gasteiger partial charge in [0.15, 0.2) is 25.2 Å². The molecular weight excluding hydrogens is 432 g/mol. The van der Waals surface area contributed by atoms with Crippen LogP contribution in [0.15, 0.2) is 0 Å². The third kappa shape index (κ3) is 6.86. The van der Waals surface area contributed by atoms with E-state index < -0.39 is 12.4 Å². The lowest BCUT2D eigenvalue weighted by Gasteiger charge is -2.42. The summed E-state index contributed by atoms with van der Waals surface area (Å²) in [6.07, 6.45) is 3.20. The molecular formula is C24H42O9. The van der Waals surface area contributed by atoms with Crippen molar-refractivity contribution in [2.45, 2.75) is 153 Å². The Bertz CT molecular complexity index is 606. The predicted octanol–water partition coefficient (Wildman–Crippen LogP) is 2.60. The van der Waals surface area contributed by atoms with Crippen LogP contribution in [0.2, 0.25) is 0 Å². The van der Waals surface area contributed by atoms with Gasteiger partial charge >= 0.3 is 0 Å². The summed E-state index contributed by atoms with van der Waals surface area (Å²) in [4.78, 5) is 0. The summed E-state index contributed by atoms with van der Waals surface area (Å²) in [6, 6.07) is 0. The Morgan fingerprint density at radius 1 is 0.485 bits per heavy atom. The van der Waals surface area contributed by atoms with Gasteiger partial charge in [-0.2, -0.15) is 0 Å². The van der Waals surface area contributed by atoms with Crippen LogP contribution in [-0.2, 0) is 33.2 Å². The molecule has 192 valence electrons. The average molecular weight is 475 g/mol. The van der Waals surface area contributed by atoms with Crippen LogP contribution in [0, 0.1) is 0 Å². The minimum absolute atomic E-state index is 0.0478. The maximum Gasteiger partial charge on any atom is 0.158 e. The van der Waals surface area contributed by atoms with E-state index in [0.29, 0.717) is 19.3 Å². The fourth-order valence-electron chi connectivity index (χ4n) is 5.17. The summed E-state index contributed by atoms with van der Waals surface area (Å²) in [6.45, 7) is 7.82. The monoisotopic (exact) mass is 474 g/mol. The molecule has 9 nitrogen and oxygen atoms in total. The molecule has 4 fully saturated rings. The van der Waals surface area contributed by atoms with Crippen LogP contribution in [-0.4, -0.2) is 84.2 Å². The smallest absolute Gasteiger partial charge is 0.158 e. The second-order valence-electron chi connectivity index (χ2n) is 10.0.